The van der Waals surface area contributed by atoms with Gasteiger partial charge in [-0.05, 0) is 66.7 Å². The number of allylic oxidation sites excluding steroid dienone is 1. The van der Waals surface area contributed by atoms with Crippen LogP contribution in [0.2, 0.25) is 0 Å². The fraction of sp³-hybridized carbons (Fsp3) is 0.192. The Labute approximate surface area is 184 Å². The molecule has 0 radical (unpaired) electrons. The van der Waals surface area contributed by atoms with E-state index in [1.54, 1.807) is 11.3 Å². The first-order chi connectivity index (χ1) is 14.5. The molecule has 1 aromatic heterocycles. The molecule has 1 heterocycles. The first-order valence-electron chi connectivity index (χ1n) is 10.1. The van der Waals surface area contributed by atoms with Crippen LogP contribution in [0, 0.1) is 5.41 Å². The molecule has 3 rings (SSSR count). The minimum atomic E-state index is 0.441. The molecule has 0 spiro atoms. The summed E-state index contributed by atoms with van der Waals surface area (Å²) in [4.78, 5) is 1.13. The van der Waals surface area contributed by atoms with Gasteiger partial charge in [-0.1, -0.05) is 62.0 Å². The highest BCUT2D eigenvalue weighted by molar-refractivity contribution is 7.10. The van der Waals surface area contributed by atoms with Crippen LogP contribution in [0.15, 0.2) is 72.6 Å². The van der Waals surface area contributed by atoms with Crippen molar-refractivity contribution in [3.8, 4) is 0 Å². The van der Waals surface area contributed by atoms with E-state index in [4.69, 9.17) is 11.1 Å². The number of nitrogen functional groups attached to an aromatic ring is 1. The SMILES string of the molecule is C=Cc1ccc(N)c(C(=N)/C=C/c2cccs2)c1CC.CNC(C)c1ccccc1. The third-order valence-electron chi connectivity index (χ3n) is 4.91. The molecule has 1 unspecified atom stereocenters. The molecule has 0 saturated heterocycles. The topological polar surface area (TPSA) is 61.9 Å². The summed E-state index contributed by atoms with van der Waals surface area (Å²) in [5, 5.41) is 13.5. The Balaban J connectivity index is 0.000000269. The van der Waals surface area contributed by atoms with Crippen LogP contribution in [0.5, 0.6) is 0 Å². The maximum atomic E-state index is 8.29. The van der Waals surface area contributed by atoms with Crippen molar-refractivity contribution < 1.29 is 0 Å². The fourth-order valence-corrected chi connectivity index (χ4v) is 3.73. The largest absolute Gasteiger partial charge is 0.398 e. The Morgan fingerprint density at radius 1 is 1.17 bits per heavy atom. The van der Waals surface area contributed by atoms with Crippen LogP contribution in [0.4, 0.5) is 5.69 Å². The maximum absolute atomic E-state index is 8.29. The molecule has 30 heavy (non-hydrogen) atoms. The normalized spacial score (nSPS) is 11.6. The van der Waals surface area contributed by atoms with Gasteiger partial charge in [0, 0.05) is 22.2 Å². The van der Waals surface area contributed by atoms with Gasteiger partial charge in [0.2, 0.25) is 0 Å². The van der Waals surface area contributed by atoms with Crippen molar-refractivity contribution in [2.75, 3.05) is 12.8 Å². The van der Waals surface area contributed by atoms with Crippen LogP contribution in [-0.2, 0) is 6.42 Å². The average molecular weight is 418 g/mol. The molecule has 0 saturated carbocycles. The summed E-state index contributed by atoms with van der Waals surface area (Å²) in [5.74, 6) is 0. The van der Waals surface area contributed by atoms with Crippen molar-refractivity contribution in [3.63, 3.8) is 0 Å². The van der Waals surface area contributed by atoms with Gasteiger partial charge in [-0.2, -0.15) is 0 Å². The van der Waals surface area contributed by atoms with E-state index in [0.717, 1.165) is 28.0 Å². The third kappa shape index (κ3) is 6.28. The van der Waals surface area contributed by atoms with Crippen LogP contribution in [0.3, 0.4) is 0 Å². The van der Waals surface area contributed by atoms with E-state index in [9.17, 15) is 0 Å². The first kappa shape index (κ1) is 23.3. The third-order valence-corrected chi connectivity index (χ3v) is 5.75. The fourth-order valence-electron chi connectivity index (χ4n) is 3.12. The van der Waals surface area contributed by atoms with E-state index in [2.05, 4.69) is 50.0 Å². The van der Waals surface area contributed by atoms with Gasteiger partial charge in [0.15, 0.2) is 0 Å². The molecule has 2 aromatic carbocycles. The zero-order valence-electron chi connectivity index (χ0n) is 18.0. The second-order valence-corrected chi connectivity index (χ2v) is 7.82. The lowest BCUT2D eigenvalue weighted by atomic mass is 9.93. The molecular weight excluding hydrogens is 386 g/mol. The average Bonchev–Trinajstić information content (AvgIpc) is 3.31. The molecule has 0 aliphatic carbocycles. The summed E-state index contributed by atoms with van der Waals surface area (Å²) in [5.41, 5.74) is 11.4. The van der Waals surface area contributed by atoms with Crippen molar-refractivity contribution in [1.29, 1.82) is 5.41 Å². The highest BCUT2D eigenvalue weighted by Gasteiger charge is 2.11. The number of anilines is 1. The van der Waals surface area contributed by atoms with Gasteiger partial charge in [-0.3, -0.25) is 0 Å². The minimum absolute atomic E-state index is 0.441. The molecule has 3 aromatic rings. The molecule has 0 aliphatic rings. The number of hydrogen-bond acceptors (Lipinski definition) is 4. The molecule has 0 aliphatic heterocycles. The van der Waals surface area contributed by atoms with Gasteiger partial charge in [0.05, 0.1) is 5.71 Å². The van der Waals surface area contributed by atoms with Gasteiger partial charge in [-0.25, -0.2) is 0 Å². The molecule has 0 fully saturated rings. The van der Waals surface area contributed by atoms with Gasteiger partial charge in [0.25, 0.3) is 0 Å². The summed E-state index contributed by atoms with van der Waals surface area (Å²) in [7, 11) is 1.97. The smallest absolute Gasteiger partial charge is 0.0636 e. The number of nitrogens with two attached hydrogens (primary N) is 1. The van der Waals surface area contributed by atoms with E-state index >= 15 is 0 Å². The molecule has 3 nitrogen and oxygen atoms in total. The monoisotopic (exact) mass is 417 g/mol. The molecule has 156 valence electrons. The Morgan fingerprint density at radius 3 is 2.47 bits per heavy atom. The van der Waals surface area contributed by atoms with Crippen LogP contribution >= 0.6 is 11.3 Å². The summed E-state index contributed by atoms with van der Waals surface area (Å²) in [6.07, 6.45) is 6.41. The summed E-state index contributed by atoms with van der Waals surface area (Å²) in [6.45, 7) is 8.05. The van der Waals surface area contributed by atoms with E-state index in [1.807, 2.05) is 61.0 Å². The Hall–Kier alpha value is -2.95. The zero-order chi connectivity index (χ0) is 21.9. The quantitative estimate of drug-likeness (QED) is 0.300. The van der Waals surface area contributed by atoms with E-state index in [-0.39, 0.29) is 0 Å². The molecule has 4 heteroatoms. The number of benzene rings is 2. The zero-order valence-corrected chi connectivity index (χ0v) is 18.8. The number of thiophene rings is 1. The highest BCUT2D eigenvalue weighted by atomic mass is 32.1. The Kier molecular flexibility index (Phi) is 9.26. The lowest BCUT2D eigenvalue weighted by Crippen LogP contribution is -2.11. The Bertz CT molecular complexity index is 973. The predicted octanol–water partition coefficient (Wildman–Crippen LogP) is 6.58. The number of hydrogen-bond donors (Lipinski definition) is 3. The standard InChI is InChI=1S/C17H18N2S.C9H13N/c1-3-12-7-9-15(18)17(14(12)4-2)16(19)10-8-13-6-5-11-20-13;1-8(10-2)9-6-4-3-5-7-9/h3,5-11,19H,1,4,18H2,2H3;3-8,10H,1-2H3/b10-8+,19-16?;. The second-order valence-electron chi connectivity index (χ2n) is 6.84. The summed E-state index contributed by atoms with van der Waals surface area (Å²) in [6, 6.07) is 18.7. The first-order valence-corrected chi connectivity index (χ1v) is 11.0. The lowest BCUT2D eigenvalue weighted by molar-refractivity contribution is 0.652. The number of nitrogens with one attached hydrogen (secondary N) is 2. The maximum Gasteiger partial charge on any atom is 0.0636 e. The van der Waals surface area contributed by atoms with Crippen molar-refractivity contribution in [3.05, 3.63) is 99.8 Å². The van der Waals surface area contributed by atoms with Crippen LogP contribution in [-0.4, -0.2) is 12.8 Å². The molecule has 4 N–H and O–H groups in total. The second kappa shape index (κ2) is 11.9. The van der Waals surface area contributed by atoms with Crippen molar-refractivity contribution in [1.82, 2.24) is 5.32 Å². The van der Waals surface area contributed by atoms with Crippen LogP contribution in [0.25, 0.3) is 12.2 Å². The van der Waals surface area contributed by atoms with Gasteiger partial charge in [-0.15, -0.1) is 11.3 Å². The summed E-state index contributed by atoms with van der Waals surface area (Å²) < 4.78 is 0. The van der Waals surface area contributed by atoms with E-state index in [0.29, 0.717) is 17.4 Å². The number of rotatable bonds is 7. The van der Waals surface area contributed by atoms with E-state index in [1.165, 1.54) is 5.56 Å². The van der Waals surface area contributed by atoms with Gasteiger partial charge in [0.1, 0.15) is 0 Å². The minimum Gasteiger partial charge on any atom is -0.398 e. The van der Waals surface area contributed by atoms with Crippen molar-refractivity contribution in [2.24, 2.45) is 0 Å². The highest BCUT2D eigenvalue weighted by Crippen LogP contribution is 2.24. The lowest BCUT2D eigenvalue weighted by Gasteiger charge is -2.13. The molecule has 0 amide bonds. The predicted molar refractivity (Wildman–Crippen MR) is 134 cm³/mol. The van der Waals surface area contributed by atoms with Gasteiger partial charge < -0.3 is 16.5 Å². The Morgan fingerprint density at radius 2 is 1.90 bits per heavy atom. The molecule has 0 bridgehead atoms. The molecule has 1 atom stereocenters. The van der Waals surface area contributed by atoms with Crippen LogP contribution < -0.4 is 11.1 Å². The van der Waals surface area contributed by atoms with Gasteiger partial charge >= 0.3 is 0 Å². The van der Waals surface area contributed by atoms with Crippen molar-refractivity contribution >= 4 is 34.9 Å². The summed E-state index contributed by atoms with van der Waals surface area (Å²) >= 11 is 1.65. The molecular formula is C26H31N3S. The van der Waals surface area contributed by atoms with Crippen LogP contribution in [0.1, 0.15) is 47.0 Å². The van der Waals surface area contributed by atoms with E-state index < -0.39 is 0 Å². The van der Waals surface area contributed by atoms with Crippen molar-refractivity contribution in [2.45, 2.75) is 26.3 Å².